The number of methoxy groups -OCH3 is 1. The van der Waals surface area contributed by atoms with Crippen LogP contribution < -0.4 is 15.8 Å². The molecular weight excluding hydrogens is 324 g/mol. The van der Waals surface area contributed by atoms with Crippen LogP contribution in [0.3, 0.4) is 0 Å². The predicted molar refractivity (Wildman–Crippen MR) is 108 cm³/mol. The largest absolute Gasteiger partial charge is 0.497 e. The number of aliphatic imine (C=N–C) groups is 1. The van der Waals surface area contributed by atoms with Crippen LogP contribution in [0.4, 0.5) is 5.69 Å². The number of hydrogen-bond acceptors (Lipinski definition) is 3. The summed E-state index contributed by atoms with van der Waals surface area (Å²) in [5.74, 6) is 1.25. The lowest BCUT2D eigenvalue weighted by Gasteiger charge is -2.40. The van der Waals surface area contributed by atoms with E-state index in [-0.39, 0.29) is 5.54 Å². The number of nitrogens with zero attached hydrogens (tertiary/aromatic N) is 2. The highest BCUT2D eigenvalue weighted by Gasteiger charge is 2.29. The molecule has 0 aromatic heterocycles. The van der Waals surface area contributed by atoms with Crippen LogP contribution >= 0.6 is 0 Å². The van der Waals surface area contributed by atoms with E-state index in [0.717, 1.165) is 30.9 Å². The van der Waals surface area contributed by atoms with Gasteiger partial charge in [0.15, 0.2) is 5.96 Å². The molecule has 0 saturated carbocycles. The Bertz CT molecular complexity index is 768. The molecule has 3 N–H and O–H groups in total. The van der Waals surface area contributed by atoms with Gasteiger partial charge in [0.05, 0.1) is 13.7 Å². The van der Waals surface area contributed by atoms with Gasteiger partial charge in [-0.2, -0.15) is 0 Å². The summed E-state index contributed by atoms with van der Waals surface area (Å²) in [5, 5.41) is 3.14. The van der Waals surface area contributed by atoms with Crippen molar-refractivity contribution in [2.75, 3.05) is 25.5 Å². The van der Waals surface area contributed by atoms with E-state index >= 15 is 0 Å². The Morgan fingerprint density at radius 1 is 1.15 bits per heavy atom. The Hall–Kier alpha value is -2.53. The SMILES string of the molecule is COc1ccc(NC(N)=NCC(C)(C)N2CCc3ccccc3C2)cc1. The highest BCUT2D eigenvalue weighted by molar-refractivity contribution is 5.92. The molecule has 3 rings (SSSR count). The van der Waals surface area contributed by atoms with Gasteiger partial charge in [-0.1, -0.05) is 24.3 Å². The van der Waals surface area contributed by atoms with Crippen molar-refractivity contribution in [2.24, 2.45) is 10.7 Å². The summed E-state index contributed by atoms with van der Waals surface area (Å²) in [5.41, 5.74) is 9.80. The highest BCUT2D eigenvalue weighted by Crippen LogP contribution is 2.25. The van der Waals surface area contributed by atoms with Crippen LogP contribution in [0.25, 0.3) is 0 Å². The normalized spacial score (nSPS) is 15.4. The van der Waals surface area contributed by atoms with E-state index in [1.165, 1.54) is 11.1 Å². The van der Waals surface area contributed by atoms with E-state index < -0.39 is 0 Å². The molecule has 5 nitrogen and oxygen atoms in total. The number of nitrogens with two attached hydrogens (primary N) is 1. The molecule has 138 valence electrons. The van der Waals surface area contributed by atoms with Gasteiger partial charge in [0.2, 0.25) is 0 Å². The second kappa shape index (κ2) is 7.79. The van der Waals surface area contributed by atoms with Crippen LogP contribution in [0.1, 0.15) is 25.0 Å². The zero-order chi connectivity index (χ0) is 18.6. The summed E-state index contributed by atoms with van der Waals surface area (Å²) < 4.78 is 5.16. The Morgan fingerprint density at radius 3 is 2.54 bits per heavy atom. The van der Waals surface area contributed by atoms with E-state index in [4.69, 9.17) is 10.5 Å². The molecule has 1 aliphatic heterocycles. The van der Waals surface area contributed by atoms with Gasteiger partial charge in [-0.3, -0.25) is 9.89 Å². The smallest absolute Gasteiger partial charge is 0.193 e. The van der Waals surface area contributed by atoms with Gasteiger partial charge >= 0.3 is 0 Å². The van der Waals surface area contributed by atoms with Gasteiger partial charge in [0.1, 0.15) is 5.75 Å². The van der Waals surface area contributed by atoms with Gasteiger partial charge in [0, 0.05) is 24.3 Å². The first-order valence-electron chi connectivity index (χ1n) is 9.01. The molecule has 2 aromatic rings. The number of hydrogen-bond donors (Lipinski definition) is 2. The number of fused-ring (bicyclic) bond motifs is 1. The van der Waals surface area contributed by atoms with E-state index in [9.17, 15) is 0 Å². The summed E-state index contributed by atoms with van der Waals surface area (Å²) in [6.45, 7) is 7.11. The average molecular weight is 352 g/mol. The molecule has 26 heavy (non-hydrogen) atoms. The van der Waals surface area contributed by atoms with Gasteiger partial charge < -0.3 is 15.8 Å². The van der Waals surface area contributed by atoms with Crippen molar-refractivity contribution in [3.8, 4) is 5.75 Å². The lowest BCUT2D eigenvalue weighted by Crippen LogP contribution is -2.49. The van der Waals surface area contributed by atoms with Crippen molar-refractivity contribution in [1.82, 2.24) is 4.90 Å². The minimum Gasteiger partial charge on any atom is -0.497 e. The van der Waals surface area contributed by atoms with Gasteiger partial charge in [0.25, 0.3) is 0 Å². The van der Waals surface area contributed by atoms with Crippen LogP contribution in [-0.2, 0) is 13.0 Å². The summed E-state index contributed by atoms with van der Waals surface area (Å²) in [6.07, 6.45) is 1.09. The quantitative estimate of drug-likeness (QED) is 0.640. The second-order valence-corrected chi connectivity index (χ2v) is 7.31. The van der Waals surface area contributed by atoms with Crippen molar-refractivity contribution in [3.63, 3.8) is 0 Å². The molecule has 0 unspecified atom stereocenters. The maximum atomic E-state index is 6.08. The van der Waals surface area contributed by atoms with Crippen LogP contribution in [0.2, 0.25) is 0 Å². The van der Waals surface area contributed by atoms with Crippen LogP contribution in [0.15, 0.2) is 53.5 Å². The van der Waals surface area contributed by atoms with Gasteiger partial charge in [-0.15, -0.1) is 0 Å². The van der Waals surface area contributed by atoms with Gasteiger partial charge in [-0.25, -0.2) is 0 Å². The number of ether oxygens (including phenoxy) is 1. The molecule has 0 radical (unpaired) electrons. The Morgan fingerprint density at radius 2 is 1.85 bits per heavy atom. The Balaban J connectivity index is 1.60. The third kappa shape index (κ3) is 4.35. The fourth-order valence-electron chi connectivity index (χ4n) is 3.25. The summed E-state index contributed by atoms with van der Waals surface area (Å²) in [6, 6.07) is 16.3. The fourth-order valence-corrected chi connectivity index (χ4v) is 3.25. The maximum absolute atomic E-state index is 6.08. The van der Waals surface area contributed by atoms with Crippen molar-refractivity contribution in [1.29, 1.82) is 0 Å². The highest BCUT2D eigenvalue weighted by atomic mass is 16.5. The van der Waals surface area contributed by atoms with Crippen molar-refractivity contribution in [3.05, 3.63) is 59.7 Å². The van der Waals surface area contributed by atoms with Crippen LogP contribution in [0.5, 0.6) is 5.75 Å². The van der Waals surface area contributed by atoms with E-state index in [0.29, 0.717) is 12.5 Å². The van der Waals surface area contributed by atoms with E-state index in [2.05, 4.69) is 53.3 Å². The molecule has 0 saturated heterocycles. The summed E-state index contributed by atoms with van der Waals surface area (Å²) in [7, 11) is 1.65. The number of rotatable bonds is 5. The van der Waals surface area contributed by atoms with Crippen molar-refractivity contribution < 1.29 is 4.74 Å². The van der Waals surface area contributed by atoms with Gasteiger partial charge in [-0.05, 0) is 55.7 Å². The molecule has 0 fully saturated rings. The fraction of sp³-hybridized carbons (Fsp3) is 0.381. The summed E-state index contributed by atoms with van der Waals surface area (Å²) >= 11 is 0. The molecule has 1 aliphatic rings. The third-order valence-electron chi connectivity index (χ3n) is 4.99. The van der Waals surface area contributed by atoms with Crippen molar-refractivity contribution in [2.45, 2.75) is 32.4 Å². The average Bonchev–Trinajstić information content (AvgIpc) is 2.67. The van der Waals surface area contributed by atoms with E-state index in [1.54, 1.807) is 7.11 Å². The molecule has 2 aromatic carbocycles. The van der Waals surface area contributed by atoms with Crippen LogP contribution in [0, 0.1) is 0 Å². The second-order valence-electron chi connectivity index (χ2n) is 7.31. The molecule has 0 spiro atoms. The zero-order valence-electron chi connectivity index (χ0n) is 15.8. The number of guanidine groups is 1. The van der Waals surface area contributed by atoms with Crippen molar-refractivity contribution >= 4 is 11.6 Å². The first-order valence-corrected chi connectivity index (χ1v) is 9.01. The molecule has 1 heterocycles. The summed E-state index contributed by atoms with van der Waals surface area (Å²) in [4.78, 5) is 7.06. The standard InChI is InChI=1S/C21H28N4O/c1-21(2,25-13-12-16-6-4-5-7-17(16)14-25)15-23-20(22)24-18-8-10-19(26-3)11-9-18/h4-11H,12-15H2,1-3H3,(H3,22,23,24). The molecule has 0 aliphatic carbocycles. The third-order valence-corrected chi connectivity index (χ3v) is 4.99. The van der Waals surface area contributed by atoms with Crippen LogP contribution in [-0.4, -0.2) is 36.6 Å². The minimum absolute atomic E-state index is 0.0558. The topological polar surface area (TPSA) is 62.9 Å². The lowest BCUT2D eigenvalue weighted by atomic mass is 9.94. The molecular formula is C21H28N4O. The number of nitrogens with one attached hydrogen (secondary N) is 1. The Labute approximate surface area is 155 Å². The monoisotopic (exact) mass is 352 g/mol. The number of benzene rings is 2. The predicted octanol–water partition coefficient (Wildman–Crippen LogP) is 3.26. The molecule has 0 amide bonds. The lowest BCUT2D eigenvalue weighted by molar-refractivity contribution is 0.112. The first-order chi connectivity index (χ1) is 12.5. The minimum atomic E-state index is -0.0558. The van der Waals surface area contributed by atoms with E-state index in [1.807, 2.05) is 24.3 Å². The maximum Gasteiger partial charge on any atom is 0.193 e. The number of anilines is 1. The molecule has 5 heteroatoms. The zero-order valence-corrected chi connectivity index (χ0v) is 15.8. The molecule has 0 atom stereocenters. The molecule has 0 bridgehead atoms. The Kier molecular flexibility index (Phi) is 5.47. The first kappa shape index (κ1) is 18.3.